The molecule has 0 aromatic heterocycles. The Hall–Kier alpha value is -3.84. The van der Waals surface area contributed by atoms with E-state index in [1.807, 2.05) is 80.6 Å². The molecule has 2 atom stereocenters. The molecule has 0 aliphatic heterocycles. The second-order valence-electron chi connectivity index (χ2n) is 11.8. The van der Waals surface area contributed by atoms with E-state index in [0.29, 0.717) is 29.2 Å². The number of ether oxygens (including phenoxy) is 1. The fraction of sp³-hybridized carbons (Fsp3) is 0.400. The number of hydrogen-bond donors (Lipinski definition) is 2. The Bertz CT molecular complexity index is 1370. The highest BCUT2D eigenvalue weighted by Gasteiger charge is 2.37. The zero-order valence-electron chi connectivity index (χ0n) is 26.1. The summed E-state index contributed by atoms with van der Waals surface area (Å²) >= 11 is 6.49. The SMILES string of the molecule is CCCCCN(C(=O)C(Cc1ccccc1)NC(=O)OC(C)(C)C)C(C(=O)Nc1c(C)cccc1Cl)c1ccccc1C. The number of aryl methyl sites for hydroxylation is 2. The fourth-order valence-corrected chi connectivity index (χ4v) is 5.19. The van der Waals surface area contributed by atoms with Crippen molar-refractivity contribution in [2.24, 2.45) is 0 Å². The van der Waals surface area contributed by atoms with Crippen LogP contribution in [0.5, 0.6) is 0 Å². The third-order valence-electron chi connectivity index (χ3n) is 7.07. The van der Waals surface area contributed by atoms with Crippen LogP contribution in [0.25, 0.3) is 0 Å². The van der Waals surface area contributed by atoms with Crippen LogP contribution in [0.2, 0.25) is 5.02 Å². The Balaban J connectivity index is 2.10. The summed E-state index contributed by atoms with van der Waals surface area (Å²) in [5.74, 6) is -0.754. The largest absolute Gasteiger partial charge is 0.444 e. The Labute approximate surface area is 261 Å². The number of amides is 3. The van der Waals surface area contributed by atoms with Gasteiger partial charge in [-0.3, -0.25) is 9.59 Å². The third-order valence-corrected chi connectivity index (χ3v) is 7.39. The first kappa shape index (κ1) is 33.7. The van der Waals surface area contributed by atoms with Crippen molar-refractivity contribution in [3.05, 3.63) is 100 Å². The summed E-state index contributed by atoms with van der Waals surface area (Å²) in [4.78, 5) is 43.5. The molecule has 8 heteroatoms. The molecular formula is C35H44ClN3O4. The lowest BCUT2D eigenvalue weighted by molar-refractivity contribution is -0.140. The molecule has 0 spiro atoms. The molecule has 0 bridgehead atoms. The van der Waals surface area contributed by atoms with E-state index in [4.69, 9.17) is 16.3 Å². The van der Waals surface area contributed by atoms with Gasteiger partial charge in [0.2, 0.25) is 5.91 Å². The molecule has 3 aromatic carbocycles. The predicted molar refractivity (Wildman–Crippen MR) is 173 cm³/mol. The topological polar surface area (TPSA) is 87.7 Å². The summed E-state index contributed by atoms with van der Waals surface area (Å²) < 4.78 is 5.54. The average Bonchev–Trinajstić information content (AvgIpc) is 2.94. The van der Waals surface area contributed by atoms with Crippen LogP contribution >= 0.6 is 11.6 Å². The van der Waals surface area contributed by atoms with Crippen molar-refractivity contribution in [1.29, 1.82) is 0 Å². The fourth-order valence-electron chi connectivity index (χ4n) is 4.92. The molecule has 230 valence electrons. The number of rotatable bonds is 12. The number of benzene rings is 3. The number of unbranched alkanes of at least 4 members (excludes halogenated alkanes) is 2. The minimum Gasteiger partial charge on any atom is -0.444 e. The van der Waals surface area contributed by atoms with E-state index in [9.17, 15) is 14.4 Å². The molecule has 0 saturated carbocycles. The summed E-state index contributed by atoms with van der Waals surface area (Å²) in [6, 6.07) is 20.5. The van der Waals surface area contributed by atoms with E-state index in [1.165, 1.54) is 0 Å². The lowest BCUT2D eigenvalue weighted by atomic mass is 9.96. The molecule has 0 fully saturated rings. The molecular weight excluding hydrogens is 562 g/mol. The first-order chi connectivity index (χ1) is 20.4. The highest BCUT2D eigenvalue weighted by atomic mass is 35.5. The van der Waals surface area contributed by atoms with Crippen LogP contribution in [0.15, 0.2) is 72.8 Å². The van der Waals surface area contributed by atoms with Crippen LogP contribution in [-0.2, 0) is 20.7 Å². The van der Waals surface area contributed by atoms with Crippen molar-refractivity contribution in [2.75, 3.05) is 11.9 Å². The number of nitrogens with zero attached hydrogens (tertiary/aromatic N) is 1. The van der Waals surface area contributed by atoms with Gasteiger partial charge in [-0.1, -0.05) is 98.1 Å². The first-order valence-corrected chi connectivity index (χ1v) is 15.2. The Morgan fingerprint density at radius 3 is 2.16 bits per heavy atom. The van der Waals surface area contributed by atoms with Gasteiger partial charge in [0, 0.05) is 13.0 Å². The van der Waals surface area contributed by atoms with E-state index in [0.717, 1.165) is 29.5 Å². The van der Waals surface area contributed by atoms with Gasteiger partial charge >= 0.3 is 6.09 Å². The highest BCUT2D eigenvalue weighted by molar-refractivity contribution is 6.34. The zero-order chi connectivity index (χ0) is 31.6. The van der Waals surface area contributed by atoms with Crippen molar-refractivity contribution < 1.29 is 19.1 Å². The molecule has 3 amide bonds. The molecule has 0 radical (unpaired) electrons. The normalized spacial score (nSPS) is 12.6. The summed E-state index contributed by atoms with van der Waals surface area (Å²) in [6.45, 7) is 11.5. The summed E-state index contributed by atoms with van der Waals surface area (Å²) in [6.07, 6.45) is 2.03. The number of anilines is 1. The Morgan fingerprint density at radius 1 is 0.884 bits per heavy atom. The van der Waals surface area contributed by atoms with Gasteiger partial charge in [0.05, 0.1) is 10.7 Å². The lowest BCUT2D eigenvalue weighted by Crippen LogP contribution is -2.53. The number of halogens is 1. The Kier molecular flexibility index (Phi) is 12.2. The van der Waals surface area contributed by atoms with Crippen molar-refractivity contribution in [1.82, 2.24) is 10.2 Å². The van der Waals surface area contributed by atoms with Crippen LogP contribution in [0, 0.1) is 13.8 Å². The van der Waals surface area contributed by atoms with Crippen LogP contribution in [-0.4, -0.2) is 41.0 Å². The van der Waals surface area contributed by atoms with Crippen molar-refractivity contribution in [2.45, 2.75) is 84.9 Å². The molecule has 0 heterocycles. The molecule has 43 heavy (non-hydrogen) atoms. The van der Waals surface area contributed by atoms with E-state index in [-0.39, 0.29) is 18.2 Å². The second kappa shape index (κ2) is 15.6. The maximum Gasteiger partial charge on any atom is 0.408 e. The quantitative estimate of drug-likeness (QED) is 0.206. The van der Waals surface area contributed by atoms with Gasteiger partial charge < -0.3 is 20.3 Å². The van der Waals surface area contributed by atoms with Gasteiger partial charge in [0.1, 0.15) is 17.7 Å². The smallest absolute Gasteiger partial charge is 0.408 e. The minimum atomic E-state index is -0.972. The van der Waals surface area contributed by atoms with Crippen molar-refractivity contribution in [3.8, 4) is 0 Å². The average molecular weight is 606 g/mol. The van der Waals surface area contributed by atoms with Gasteiger partial charge in [0.15, 0.2) is 0 Å². The Morgan fingerprint density at radius 2 is 1.53 bits per heavy atom. The summed E-state index contributed by atoms with van der Waals surface area (Å²) in [7, 11) is 0. The molecule has 3 aromatic rings. The first-order valence-electron chi connectivity index (χ1n) is 14.9. The van der Waals surface area contributed by atoms with Gasteiger partial charge in [-0.2, -0.15) is 0 Å². The summed E-state index contributed by atoms with van der Waals surface area (Å²) in [5.41, 5.74) is 3.00. The van der Waals surface area contributed by atoms with Crippen LogP contribution in [0.3, 0.4) is 0 Å². The van der Waals surface area contributed by atoms with Gasteiger partial charge in [-0.05, 0) is 69.4 Å². The summed E-state index contributed by atoms with van der Waals surface area (Å²) in [5, 5.41) is 6.24. The van der Waals surface area contributed by atoms with Crippen LogP contribution < -0.4 is 10.6 Å². The lowest BCUT2D eigenvalue weighted by Gasteiger charge is -2.35. The monoisotopic (exact) mass is 605 g/mol. The number of nitrogens with one attached hydrogen (secondary N) is 2. The number of alkyl carbamates (subject to hydrolysis) is 1. The maximum atomic E-state index is 14.6. The van der Waals surface area contributed by atoms with E-state index < -0.39 is 23.8 Å². The van der Waals surface area contributed by atoms with Gasteiger partial charge in [0.25, 0.3) is 5.91 Å². The molecule has 7 nitrogen and oxygen atoms in total. The number of hydrogen-bond acceptors (Lipinski definition) is 4. The molecule has 2 N–H and O–H groups in total. The number of carbonyl (C=O) groups is 3. The van der Waals surface area contributed by atoms with Gasteiger partial charge in [-0.25, -0.2) is 4.79 Å². The molecule has 0 aliphatic carbocycles. The third kappa shape index (κ3) is 9.85. The zero-order valence-corrected chi connectivity index (χ0v) is 26.8. The number of para-hydroxylation sites is 1. The van der Waals surface area contributed by atoms with Crippen LogP contribution in [0.4, 0.5) is 10.5 Å². The highest BCUT2D eigenvalue weighted by Crippen LogP contribution is 2.31. The van der Waals surface area contributed by atoms with Gasteiger partial charge in [-0.15, -0.1) is 0 Å². The molecule has 0 saturated heterocycles. The van der Waals surface area contributed by atoms with E-state index >= 15 is 0 Å². The van der Waals surface area contributed by atoms with Crippen molar-refractivity contribution >= 4 is 35.2 Å². The van der Waals surface area contributed by atoms with E-state index in [2.05, 4.69) is 17.6 Å². The second-order valence-corrected chi connectivity index (χ2v) is 12.2. The standard InChI is InChI=1S/C35H44ClN3O4/c1-7-8-14-22-39(33(41)29(23-26-18-10-9-11-19-26)37-34(42)43-35(4,5)6)31(27-20-13-12-16-24(27)2)32(40)38-30-25(3)17-15-21-28(30)36/h9-13,15-21,29,31H,7-8,14,22-23H2,1-6H3,(H,37,42)(H,38,40). The number of carbonyl (C=O) groups excluding carboxylic acids is 3. The van der Waals surface area contributed by atoms with Crippen LogP contribution in [0.1, 0.15) is 75.3 Å². The molecule has 0 aliphatic rings. The minimum absolute atomic E-state index is 0.231. The maximum absolute atomic E-state index is 14.6. The molecule has 3 rings (SSSR count). The van der Waals surface area contributed by atoms with E-state index in [1.54, 1.807) is 31.7 Å². The predicted octanol–water partition coefficient (Wildman–Crippen LogP) is 7.79. The van der Waals surface area contributed by atoms with Crippen molar-refractivity contribution in [3.63, 3.8) is 0 Å². The molecule has 2 unspecified atom stereocenters.